The molecule has 1 fully saturated rings. The summed E-state index contributed by atoms with van der Waals surface area (Å²) in [6.45, 7) is 8.10. The number of rotatable bonds is 4. The van der Waals surface area contributed by atoms with E-state index in [0.29, 0.717) is 26.6 Å². The van der Waals surface area contributed by atoms with Gasteiger partial charge in [-0.2, -0.15) is 0 Å². The average molecular weight is 428 g/mol. The SMILES string of the molecule is Cc1ccc(-n2nc(SCC(=O)N3C[C@H](C)C[C@H](C)C3)sc2=S)cc1Cl. The Hall–Kier alpha value is -0.890. The van der Waals surface area contributed by atoms with Crippen molar-refractivity contribution >= 4 is 52.8 Å². The molecule has 8 heteroatoms. The first-order valence-corrected chi connectivity index (χ1v) is 11.2. The van der Waals surface area contributed by atoms with E-state index in [1.54, 1.807) is 4.68 Å². The average Bonchev–Trinajstić information content (AvgIpc) is 2.95. The standard InChI is InChI=1S/C18H22ClN3OS3/c1-11-6-12(2)9-21(8-11)16(23)10-25-17-20-22(18(24)26-17)14-5-4-13(3)15(19)7-14/h4-5,7,11-12H,6,8-10H2,1-3H3/t11-,12+. The Bertz CT molecular complexity index is 854. The number of benzene rings is 1. The van der Waals surface area contributed by atoms with E-state index in [1.807, 2.05) is 30.0 Å². The van der Waals surface area contributed by atoms with Crippen molar-refractivity contribution in [1.82, 2.24) is 14.7 Å². The Balaban J connectivity index is 1.67. The highest BCUT2D eigenvalue weighted by Crippen LogP contribution is 2.27. The fourth-order valence-electron chi connectivity index (χ4n) is 3.28. The lowest BCUT2D eigenvalue weighted by molar-refractivity contribution is -0.130. The molecule has 1 aromatic heterocycles. The number of thioether (sulfide) groups is 1. The molecule has 0 saturated carbocycles. The molecule has 0 bridgehead atoms. The fraction of sp³-hybridized carbons (Fsp3) is 0.500. The van der Waals surface area contributed by atoms with Crippen LogP contribution in [0.5, 0.6) is 0 Å². The van der Waals surface area contributed by atoms with E-state index in [0.717, 1.165) is 28.7 Å². The van der Waals surface area contributed by atoms with Gasteiger partial charge >= 0.3 is 0 Å². The van der Waals surface area contributed by atoms with Crippen molar-refractivity contribution in [1.29, 1.82) is 0 Å². The number of nitrogens with zero attached hydrogens (tertiary/aromatic N) is 3. The van der Waals surface area contributed by atoms with Gasteiger partial charge in [-0.15, -0.1) is 5.10 Å². The molecular weight excluding hydrogens is 406 g/mol. The molecule has 1 aliphatic rings. The van der Waals surface area contributed by atoms with E-state index < -0.39 is 0 Å². The van der Waals surface area contributed by atoms with Gasteiger partial charge in [0.25, 0.3) is 0 Å². The van der Waals surface area contributed by atoms with Gasteiger partial charge in [-0.1, -0.05) is 54.6 Å². The summed E-state index contributed by atoms with van der Waals surface area (Å²) in [6.07, 6.45) is 1.20. The zero-order valence-corrected chi connectivity index (χ0v) is 18.3. The number of aromatic nitrogens is 2. The largest absolute Gasteiger partial charge is 0.341 e. The Morgan fingerprint density at radius 3 is 2.73 bits per heavy atom. The molecule has 2 heterocycles. The lowest BCUT2D eigenvalue weighted by atomic mass is 9.92. The van der Waals surface area contributed by atoms with Gasteiger partial charge in [0.05, 0.1) is 11.4 Å². The molecule has 140 valence electrons. The molecule has 0 N–H and O–H groups in total. The molecule has 1 amide bonds. The Morgan fingerprint density at radius 1 is 1.38 bits per heavy atom. The molecule has 4 nitrogen and oxygen atoms in total. The van der Waals surface area contributed by atoms with Crippen LogP contribution in [0.25, 0.3) is 5.69 Å². The van der Waals surface area contributed by atoms with Crippen LogP contribution < -0.4 is 0 Å². The molecule has 3 rings (SSSR count). The molecule has 26 heavy (non-hydrogen) atoms. The third-order valence-corrected chi connectivity index (χ3v) is 7.23. The third-order valence-electron chi connectivity index (χ3n) is 4.47. The second kappa shape index (κ2) is 8.42. The van der Waals surface area contributed by atoms with Crippen LogP contribution in [-0.4, -0.2) is 39.4 Å². The van der Waals surface area contributed by atoms with Crippen LogP contribution in [0.15, 0.2) is 22.5 Å². The van der Waals surface area contributed by atoms with Gasteiger partial charge in [-0.05, 0) is 55.1 Å². The minimum atomic E-state index is 0.180. The predicted molar refractivity (Wildman–Crippen MR) is 112 cm³/mol. The van der Waals surface area contributed by atoms with Crippen molar-refractivity contribution in [3.8, 4) is 5.69 Å². The second-order valence-corrected chi connectivity index (χ2v) is 10.3. The summed E-state index contributed by atoms with van der Waals surface area (Å²) in [5, 5.41) is 5.25. The molecular formula is C18H22ClN3OS3. The van der Waals surface area contributed by atoms with E-state index in [-0.39, 0.29) is 5.91 Å². The summed E-state index contributed by atoms with van der Waals surface area (Å²) in [7, 11) is 0. The molecule has 0 radical (unpaired) electrons. The van der Waals surface area contributed by atoms with Crippen molar-refractivity contribution in [2.75, 3.05) is 18.8 Å². The van der Waals surface area contributed by atoms with E-state index in [2.05, 4.69) is 18.9 Å². The third kappa shape index (κ3) is 4.68. The lowest BCUT2D eigenvalue weighted by Gasteiger charge is -2.34. The monoisotopic (exact) mass is 427 g/mol. The Kier molecular flexibility index (Phi) is 6.43. The van der Waals surface area contributed by atoms with Crippen LogP contribution >= 0.6 is 46.9 Å². The van der Waals surface area contributed by atoms with Crippen molar-refractivity contribution in [3.63, 3.8) is 0 Å². The fourth-order valence-corrected chi connectivity index (χ4v) is 5.72. The maximum absolute atomic E-state index is 12.5. The summed E-state index contributed by atoms with van der Waals surface area (Å²) in [4.78, 5) is 14.5. The van der Waals surface area contributed by atoms with Gasteiger partial charge in [0.2, 0.25) is 5.91 Å². The smallest absolute Gasteiger partial charge is 0.233 e. The van der Waals surface area contributed by atoms with Crippen LogP contribution in [0.2, 0.25) is 5.02 Å². The van der Waals surface area contributed by atoms with Gasteiger partial charge in [0, 0.05) is 18.1 Å². The Labute approximate surface area is 172 Å². The number of hydrogen-bond acceptors (Lipinski definition) is 5. The summed E-state index contributed by atoms with van der Waals surface area (Å²) >= 11 is 14.5. The van der Waals surface area contributed by atoms with Crippen molar-refractivity contribution in [2.45, 2.75) is 31.5 Å². The minimum Gasteiger partial charge on any atom is -0.341 e. The van der Waals surface area contributed by atoms with Gasteiger partial charge in [0.1, 0.15) is 0 Å². The lowest BCUT2D eigenvalue weighted by Crippen LogP contribution is -2.43. The quantitative estimate of drug-likeness (QED) is 0.495. The number of aryl methyl sites for hydroxylation is 1. The molecule has 0 unspecified atom stereocenters. The first-order chi connectivity index (χ1) is 12.3. The van der Waals surface area contributed by atoms with E-state index >= 15 is 0 Å². The number of carbonyl (C=O) groups is 1. The first-order valence-electron chi connectivity index (χ1n) is 8.60. The van der Waals surface area contributed by atoms with Crippen LogP contribution in [0.1, 0.15) is 25.8 Å². The Morgan fingerprint density at radius 2 is 2.08 bits per heavy atom. The number of halogens is 1. The maximum Gasteiger partial charge on any atom is 0.233 e. The number of hydrogen-bond donors (Lipinski definition) is 0. The molecule has 1 saturated heterocycles. The van der Waals surface area contributed by atoms with Crippen LogP contribution in [0, 0.1) is 22.7 Å². The molecule has 1 aromatic carbocycles. The van der Waals surface area contributed by atoms with Gasteiger partial charge < -0.3 is 4.90 Å². The molecule has 0 aliphatic carbocycles. The van der Waals surface area contributed by atoms with Crippen molar-refractivity contribution in [3.05, 3.63) is 32.7 Å². The highest BCUT2D eigenvalue weighted by molar-refractivity contribution is 8.01. The normalized spacial score (nSPS) is 20.4. The number of piperidine rings is 1. The van der Waals surface area contributed by atoms with Crippen LogP contribution in [0.3, 0.4) is 0 Å². The highest BCUT2D eigenvalue weighted by Gasteiger charge is 2.25. The zero-order valence-electron chi connectivity index (χ0n) is 15.1. The molecule has 2 aromatic rings. The van der Waals surface area contributed by atoms with Crippen LogP contribution in [-0.2, 0) is 4.79 Å². The minimum absolute atomic E-state index is 0.180. The first kappa shape index (κ1) is 19.9. The molecule has 2 atom stereocenters. The molecule has 1 aliphatic heterocycles. The van der Waals surface area contributed by atoms with E-state index in [4.69, 9.17) is 23.8 Å². The van der Waals surface area contributed by atoms with Crippen molar-refractivity contribution in [2.24, 2.45) is 11.8 Å². The van der Waals surface area contributed by atoms with Gasteiger partial charge in [-0.3, -0.25) is 4.79 Å². The van der Waals surface area contributed by atoms with Gasteiger partial charge in [0.15, 0.2) is 8.29 Å². The van der Waals surface area contributed by atoms with Gasteiger partial charge in [-0.25, -0.2) is 4.68 Å². The zero-order chi connectivity index (χ0) is 18.8. The van der Waals surface area contributed by atoms with Crippen LogP contribution in [0.4, 0.5) is 0 Å². The maximum atomic E-state index is 12.5. The summed E-state index contributed by atoms with van der Waals surface area (Å²) < 4.78 is 3.17. The summed E-state index contributed by atoms with van der Waals surface area (Å²) in [5.41, 5.74) is 1.86. The number of likely N-dealkylation sites (tertiary alicyclic amines) is 1. The number of carbonyl (C=O) groups excluding carboxylic acids is 1. The second-order valence-electron chi connectivity index (χ2n) is 7.01. The van der Waals surface area contributed by atoms with E-state index in [1.165, 1.54) is 29.5 Å². The summed E-state index contributed by atoms with van der Waals surface area (Å²) in [5.74, 6) is 1.72. The summed E-state index contributed by atoms with van der Waals surface area (Å²) in [6, 6.07) is 5.77. The van der Waals surface area contributed by atoms with E-state index in [9.17, 15) is 4.79 Å². The van der Waals surface area contributed by atoms with Crippen molar-refractivity contribution < 1.29 is 4.79 Å². The number of amides is 1. The predicted octanol–water partition coefficient (Wildman–Crippen LogP) is 5.22. The topological polar surface area (TPSA) is 38.1 Å². The molecule has 0 spiro atoms. The highest BCUT2D eigenvalue weighted by atomic mass is 35.5.